The van der Waals surface area contributed by atoms with Crippen LogP contribution in [0.3, 0.4) is 0 Å². The Morgan fingerprint density at radius 3 is 2.89 bits per heavy atom. The van der Waals surface area contributed by atoms with Gasteiger partial charge in [0.25, 0.3) is 5.91 Å². The van der Waals surface area contributed by atoms with Crippen LogP contribution in [0, 0.1) is 13.8 Å². The minimum Gasteiger partial charge on any atom is -0.383 e. The molecule has 7 nitrogen and oxygen atoms in total. The number of urea groups is 1. The first-order chi connectivity index (χ1) is 13.5. The maximum atomic E-state index is 12.9. The van der Waals surface area contributed by atoms with Gasteiger partial charge in [0, 0.05) is 42.9 Å². The predicted octanol–water partition coefficient (Wildman–Crippen LogP) is 3.22. The molecule has 0 unspecified atom stereocenters. The van der Waals surface area contributed by atoms with Gasteiger partial charge in [-0.15, -0.1) is 11.8 Å². The van der Waals surface area contributed by atoms with E-state index in [0.29, 0.717) is 30.9 Å². The Kier molecular flexibility index (Phi) is 6.53. The molecule has 0 fully saturated rings. The molecule has 0 bridgehead atoms. The molecular formula is C20H24N4O3S. The van der Waals surface area contributed by atoms with Gasteiger partial charge in [0.1, 0.15) is 5.03 Å². The predicted molar refractivity (Wildman–Crippen MR) is 111 cm³/mol. The van der Waals surface area contributed by atoms with E-state index in [1.165, 1.54) is 0 Å². The molecule has 28 heavy (non-hydrogen) atoms. The fraction of sp³-hybridized carbons (Fsp3) is 0.350. The molecule has 0 saturated heterocycles. The first-order valence-electron chi connectivity index (χ1n) is 9.06. The maximum absolute atomic E-state index is 12.9. The molecule has 3 amide bonds. The zero-order valence-corrected chi connectivity index (χ0v) is 17.1. The number of thioether (sulfide) groups is 1. The molecule has 2 N–H and O–H groups in total. The van der Waals surface area contributed by atoms with Gasteiger partial charge in [0.15, 0.2) is 0 Å². The second-order valence-corrected chi connectivity index (χ2v) is 7.58. The number of ether oxygens (including phenoxy) is 1. The summed E-state index contributed by atoms with van der Waals surface area (Å²) >= 11 is 1.66. The summed E-state index contributed by atoms with van der Waals surface area (Å²) in [6.07, 6.45) is 0. The van der Waals surface area contributed by atoms with Crippen LogP contribution in [0.5, 0.6) is 0 Å². The minimum absolute atomic E-state index is 0.205. The SMILES string of the molecule is COCCNC(=O)c1cccc(NC(=O)N2CCSc3nc(C)cc(C)c32)c1. The van der Waals surface area contributed by atoms with E-state index in [1.807, 2.05) is 19.9 Å². The van der Waals surface area contributed by atoms with Crippen molar-refractivity contribution >= 4 is 35.1 Å². The zero-order valence-electron chi connectivity index (χ0n) is 16.2. The highest BCUT2D eigenvalue weighted by Crippen LogP contribution is 2.36. The summed E-state index contributed by atoms with van der Waals surface area (Å²) in [6, 6.07) is 8.64. The number of aromatic nitrogens is 1. The van der Waals surface area contributed by atoms with E-state index in [-0.39, 0.29) is 11.9 Å². The molecule has 3 rings (SSSR count). The molecule has 148 valence electrons. The Morgan fingerprint density at radius 1 is 1.29 bits per heavy atom. The Hall–Kier alpha value is -2.58. The second-order valence-electron chi connectivity index (χ2n) is 6.49. The summed E-state index contributed by atoms with van der Waals surface area (Å²) in [5.74, 6) is 0.585. The molecule has 0 saturated carbocycles. The summed E-state index contributed by atoms with van der Waals surface area (Å²) in [7, 11) is 1.58. The maximum Gasteiger partial charge on any atom is 0.326 e. The number of carbonyl (C=O) groups is 2. The Morgan fingerprint density at radius 2 is 2.11 bits per heavy atom. The lowest BCUT2D eigenvalue weighted by molar-refractivity contribution is 0.0937. The molecular weight excluding hydrogens is 376 g/mol. The van der Waals surface area contributed by atoms with Crippen molar-refractivity contribution in [2.45, 2.75) is 18.9 Å². The Balaban J connectivity index is 1.74. The van der Waals surface area contributed by atoms with Crippen LogP contribution in [0.25, 0.3) is 0 Å². The molecule has 0 radical (unpaired) electrons. The lowest BCUT2D eigenvalue weighted by Gasteiger charge is -2.30. The van der Waals surface area contributed by atoms with Gasteiger partial charge in [-0.05, 0) is 43.7 Å². The van der Waals surface area contributed by atoms with Gasteiger partial charge in [-0.2, -0.15) is 0 Å². The number of anilines is 2. The minimum atomic E-state index is -0.229. The third kappa shape index (κ3) is 4.63. The van der Waals surface area contributed by atoms with Crippen molar-refractivity contribution in [2.75, 3.05) is 42.8 Å². The van der Waals surface area contributed by atoms with Crippen molar-refractivity contribution in [3.8, 4) is 0 Å². The number of aryl methyl sites for hydroxylation is 2. The molecule has 2 aromatic rings. The second kappa shape index (κ2) is 9.07. The quantitative estimate of drug-likeness (QED) is 0.753. The molecule has 2 heterocycles. The molecule has 0 aliphatic carbocycles. The van der Waals surface area contributed by atoms with Gasteiger partial charge in [-0.25, -0.2) is 9.78 Å². The highest BCUT2D eigenvalue weighted by molar-refractivity contribution is 7.99. The zero-order chi connectivity index (χ0) is 20.1. The molecule has 0 spiro atoms. The van der Waals surface area contributed by atoms with Crippen LogP contribution < -0.4 is 15.5 Å². The van der Waals surface area contributed by atoms with E-state index in [0.717, 1.165) is 27.7 Å². The van der Waals surface area contributed by atoms with E-state index in [9.17, 15) is 9.59 Å². The topological polar surface area (TPSA) is 83.6 Å². The largest absolute Gasteiger partial charge is 0.383 e. The fourth-order valence-electron chi connectivity index (χ4n) is 3.07. The van der Waals surface area contributed by atoms with Crippen LogP contribution in [0.2, 0.25) is 0 Å². The number of fused-ring (bicyclic) bond motifs is 1. The van der Waals surface area contributed by atoms with Gasteiger partial charge in [-0.3, -0.25) is 9.69 Å². The first kappa shape index (κ1) is 20.2. The summed E-state index contributed by atoms with van der Waals surface area (Å²) in [5, 5.41) is 6.55. The molecule has 1 aliphatic rings. The molecule has 1 aromatic heterocycles. The lowest BCUT2D eigenvalue weighted by Crippen LogP contribution is -2.39. The number of rotatable bonds is 5. The van der Waals surface area contributed by atoms with Gasteiger partial charge >= 0.3 is 6.03 Å². The molecule has 1 aliphatic heterocycles. The first-order valence-corrected chi connectivity index (χ1v) is 10.0. The van der Waals surface area contributed by atoms with E-state index in [2.05, 4.69) is 15.6 Å². The summed E-state index contributed by atoms with van der Waals surface area (Å²) in [5.41, 5.74) is 3.88. The van der Waals surface area contributed by atoms with Crippen molar-refractivity contribution in [1.29, 1.82) is 0 Å². The van der Waals surface area contributed by atoms with Crippen LogP contribution in [0.4, 0.5) is 16.2 Å². The van der Waals surface area contributed by atoms with Gasteiger partial charge in [0.2, 0.25) is 0 Å². The number of nitrogens with zero attached hydrogens (tertiary/aromatic N) is 2. The third-order valence-electron chi connectivity index (χ3n) is 4.32. The number of nitrogens with one attached hydrogen (secondary N) is 2. The average Bonchev–Trinajstić information content (AvgIpc) is 2.67. The lowest BCUT2D eigenvalue weighted by atomic mass is 10.2. The summed E-state index contributed by atoms with van der Waals surface area (Å²) < 4.78 is 4.93. The monoisotopic (exact) mass is 400 g/mol. The van der Waals surface area contributed by atoms with Crippen molar-refractivity contribution in [1.82, 2.24) is 10.3 Å². The van der Waals surface area contributed by atoms with Crippen LogP contribution in [-0.4, -0.2) is 49.5 Å². The summed E-state index contributed by atoms with van der Waals surface area (Å²) in [6.45, 7) is 5.42. The number of hydrogen-bond donors (Lipinski definition) is 2. The van der Waals surface area contributed by atoms with Crippen LogP contribution in [0.15, 0.2) is 35.4 Å². The smallest absolute Gasteiger partial charge is 0.326 e. The van der Waals surface area contributed by atoms with Crippen molar-refractivity contribution in [3.63, 3.8) is 0 Å². The van der Waals surface area contributed by atoms with E-state index >= 15 is 0 Å². The van der Waals surface area contributed by atoms with Crippen LogP contribution in [0.1, 0.15) is 21.6 Å². The fourth-order valence-corrected chi connectivity index (χ4v) is 4.15. The van der Waals surface area contributed by atoms with Gasteiger partial charge in [0.05, 0.1) is 12.3 Å². The average molecular weight is 401 g/mol. The highest BCUT2D eigenvalue weighted by atomic mass is 32.2. The molecule has 8 heteroatoms. The number of hydrogen-bond acceptors (Lipinski definition) is 5. The number of methoxy groups -OCH3 is 1. The summed E-state index contributed by atoms with van der Waals surface area (Å²) in [4.78, 5) is 31.4. The van der Waals surface area contributed by atoms with Crippen LogP contribution in [-0.2, 0) is 4.74 Å². The normalized spacial score (nSPS) is 13.0. The van der Waals surface area contributed by atoms with E-state index in [1.54, 1.807) is 48.0 Å². The number of amides is 3. The van der Waals surface area contributed by atoms with Gasteiger partial charge < -0.3 is 15.4 Å². The molecule has 0 atom stereocenters. The molecule has 1 aromatic carbocycles. The van der Waals surface area contributed by atoms with Crippen molar-refractivity contribution in [3.05, 3.63) is 47.2 Å². The Bertz CT molecular complexity index is 888. The number of benzene rings is 1. The standard InChI is InChI=1S/C20H24N4O3S/c1-13-11-14(2)22-19-17(13)24(8-10-28-19)20(26)23-16-6-4-5-15(12-16)18(25)21-7-9-27-3/h4-6,11-12H,7-10H2,1-3H3,(H,21,25)(H,23,26). The number of pyridine rings is 1. The van der Waals surface area contributed by atoms with Crippen molar-refractivity contribution < 1.29 is 14.3 Å². The van der Waals surface area contributed by atoms with Crippen molar-refractivity contribution in [2.24, 2.45) is 0 Å². The number of carbonyl (C=O) groups excluding carboxylic acids is 2. The van der Waals surface area contributed by atoms with Crippen LogP contribution >= 0.6 is 11.8 Å². The third-order valence-corrected chi connectivity index (χ3v) is 5.26. The van der Waals surface area contributed by atoms with Gasteiger partial charge in [-0.1, -0.05) is 6.07 Å². The van der Waals surface area contributed by atoms with E-state index in [4.69, 9.17) is 4.74 Å². The highest BCUT2D eigenvalue weighted by Gasteiger charge is 2.26. The van der Waals surface area contributed by atoms with E-state index < -0.39 is 0 Å². The Labute approximate surface area is 168 Å².